The maximum atomic E-state index is 13.8. The van der Waals surface area contributed by atoms with Gasteiger partial charge in [0.2, 0.25) is 0 Å². The molecule has 2 aromatic carbocycles. The minimum absolute atomic E-state index is 0.00339. The molecule has 6 nitrogen and oxygen atoms in total. The first-order chi connectivity index (χ1) is 19.4. The van der Waals surface area contributed by atoms with Gasteiger partial charge in [-0.15, -0.1) is 0 Å². The highest BCUT2D eigenvalue weighted by molar-refractivity contribution is 6.43. The van der Waals surface area contributed by atoms with Crippen molar-refractivity contribution in [1.29, 1.82) is 0 Å². The molecule has 202 valence electrons. The standard InChI is InChI=1S/C33H32BNO5/c1-2-21-18-26-31(33(38)25-11-4-3-10-24(25)32(26)37)27-19-34(39)40-29(30(21)27)14-13-22(28-12-5-6-15-35-28)16-20-8-7-9-23(36)17-20/h3-12,15-17,26-27,29,31,36,39H,2,13-14,18-19H2,1H3/b22-16-/t26-,27+,29-,31-/m1/s1. The third kappa shape index (κ3) is 4.84. The number of pyridine rings is 1. The Bertz CT molecular complexity index is 1510. The predicted octanol–water partition coefficient (Wildman–Crippen LogP) is 6.03. The predicted molar refractivity (Wildman–Crippen MR) is 155 cm³/mol. The van der Waals surface area contributed by atoms with Gasteiger partial charge in [0.25, 0.3) is 0 Å². The lowest BCUT2D eigenvalue weighted by atomic mass is 9.54. The number of fused-ring (bicyclic) bond motifs is 4. The van der Waals surface area contributed by atoms with Gasteiger partial charge >= 0.3 is 7.12 Å². The first-order valence-electron chi connectivity index (χ1n) is 14.1. The van der Waals surface area contributed by atoms with Crippen molar-refractivity contribution in [2.24, 2.45) is 17.8 Å². The Morgan fingerprint density at radius 3 is 2.52 bits per heavy atom. The number of benzene rings is 2. The van der Waals surface area contributed by atoms with Crippen LogP contribution < -0.4 is 0 Å². The normalized spacial score (nSPS) is 24.4. The second-order valence-corrected chi connectivity index (χ2v) is 11.0. The smallest absolute Gasteiger partial charge is 0.455 e. The summed E-state index contributed by atoms with van der Waals surface area (Å²) in [5.41, 5.74) is 5.95. The van der Waals surface area contributed by atoms with E-state index >= 15 is 0 Å². The summed E-state index contributed by atoms with van der Waals surface area (Å²) >= 11 is 0. The lowest BCUT2D eigenvalue weighted by molar-refractivity contribution is 0.0600. The first-order valence-corrected chi connectivity index (χ1v) is 14.1. The molecule has 0 spiro atoms. The van der Waals surface area contributed by atoms with E-state index in [9.17, 15) is 19.7 Å². The van der Waals surface area contributed by atoms with Crippen LogP contribution in [0.2, 0.25) is 6.32 Å². The molecule has 2 N–H and O–H groups in total. The molecule has 7 heteroatoms. The number of hydrogen-bond acceptors (Lipinski definition) is 6. The Kier molecular flexibility index (Phi) is 7.26. The Hall–Kier alpha value is -3.81. The molecule has 3 aromatic rings. The molecule has 4 atom stereocenters. The third-order valence-electron chi connectivity index (χ3n) is 8.67. The molecule has 0 saturated carbocycles. The van der Waals surface area contributed by atoms with Crippen molar-refractivity contribution < 1.29 is 24.4 Å². The van der Waals surface area contributed by atoms with Gasteiger partial charge in [0, 0.05) is 29.2 Å². The van der Waals surface area contributed by atoms with Crippen LogP contribution in [-0.2, 0) is 4.65 Å². The van der Waals surface area contributed by atoms with Crippen LogP contribution in [-0.4, -0.2) is 39.9 Å². The minimum Gasteiger partial charge on any atom is -0.508 e. The zero-order valence-electron chi connectivity index (χ0n) is 22.5. The third-order valence-corrected chi connectivity index (χ3v) is 8.67. The molecule has 2 heterocycles. The van der Waals surface area contributed by atoms with Gasteiger partial charge in [0.05, 0.1) is 11.8 Å². The van der Waals surface area contributed by atoms with E-state index in [1.165, 1.54) is 5.57 Å². The van der Waals surface area contributed by atoms with Crippen LogP contribution in [0.4, 0.5) is 0 Å². The number of aromatic nitrogens is 1. The Labute approximate surface area is 234 Å². The molecule has 3 aliphatic rings. The minimum atomic E-state index is -1.01. The molecule has 6 rings (SSSR count). The van der Waals surface area contributed by atoms with Crippen LogP contribution in [0, 0.1) is 17.8 Å². The van der Waals surface area contributed by atoms with Gasteiger partial charge in [-0.3, -0.25) is 14.6 Å². The van der Waals surface area contributed by atoms with Crippen LogP contribution in [0.25, 0.3) is 11.6 Å². The van der Waals surface area contributed by atoms with Gasteiger partial charge in [-0.25, -0.2) is 0 Å². The highest BCUT2D eigenvalue weighted by Gasteiger charge is 2.53. The van der Waals surface area contributed by atoms with Gasteiger partial charge in [-0.05, 0) is 85.0 Å². The van der Waals surface area contributed by atoms with Crippen molar-refractivity contribution in [3.8, 4) is 5.75 Å². The van der Waals surface area contributed by atoms with E-state index in [1.54, 1.807) is 42.6 Å². The zero-order valence-corrected chi connectivity index (χ0v) is 22.5. The summed E-state index contributed by atoms with van der Waals surface area (Å²) < 4.78 is 6.17. The molecule has 2 aliphatic carbocycles. The molecular weight excluding hydrogens is 501 g/mol. The Balaban J connectivity index is 1.34. The lowest BCUT2D eigenvalue weighted by Gasteiger charge is -2.47. The number of allylic oxidation sites excluding steroid dienone is 2. The fourth-order valence-corrected chi connectivity index (χ4v) is 6.94. The van der Waals surface area contributed by atoms with E-state index in [4.69, 9.17) is 4.65 Å². The van der Waals surface area contributed by atoms with Crippen molar-refractivity contribution >= 4 is 30.3 Å². The molecule has 40 heavy (non-hydrogen) atoms. The summed E-state index contributed by atoms with van der Waals surface area (Å²) in [6.07, 6.45) is 6.22. The lowest BCUT2D eigenvalue weighted by Crippen LogP contribution is -2.50. The summed E-state index contributed by atoms with van der Waals surface area (Å²) in [6.45, 7) is 2.09. The summed E-state index contributed by atoms with van der Waals surface area (Å²) in [4.78, 5) is 31.9. The van der Waals surface area contributed by atoms with Gasteiger partial charge in [0.15, 0.2) is 11.6 Å². The molecule has 1 fully saturated rings. The van der Waals surface area contributed by atoms with Crippen LogP contribution in [0.1, 0.15) is 64.6 Å². The van der Waals surface area contributed by atoms with Crippen molar-refractivity contribution in [1.82, 2.24) is 4.98 Å². The van der Waals surface area contributed by atoms with Gasteiger partial charge in [0.1, 0.15) is 5.75 Å². The highest BCUT2D eigenvalue weighted by atomic mass is 16.5. The average molecular weight is 533 g/mol. The maximum absolute atomic E-state index is 13.8. The van der Waals surface area contributed by atoms with Gasteiger partial charge in [-0.1, -0.05) is 55.0 Å². The maximum Gasteiger partial charge on any atom is 0.455 e. The molecule has 0 unspecified atom stereocenters. The fraction of sp³-hybridized carbons (Fsp3) is 0.303. The highest BCUT2D eigenvalue weighted by Crippen LogP contribution is 2.51. The monoisotopic (exact) mass is 533 g/mol. The molecule has 0 radical (unpaired) electrons. The molecule has 0 bridgehead atoms. The average Bonchev–Trinajstić information content (AvgIpc) is 2.97. The number of phenols is 1. The van der Waals surface area contributed by atoms with E-state index in [-0.39, 0.29) is 29.3 Å². The number of nitrogens with zero attached hydrogens (tertiary/aromatic N) is 1. The second kappa shape index (κ2) is 11.0. The first kappa shape index (κ1) is 26.4. The molecule has 1 saturated heterocycles. The fourth-order valence-electron chi connectivity index (χ4n) is 6.94. The molecule has 0 amide bonds. The topological polar surface area (TPSA) is 96.7 Å². The SMILES string of the molecule is CCC1=C2[C@@H](CC/C(=C/c3cccc(O)c3)c3ccccn3)OB(O)C[C@@H]2[C@@H]2C(=O)c3ccccc3C(=O)[C@@H]2C1. The van der Waals surface area contributed by atoms with Crippen molar-refractivity contribution in [3.05, 3.63) is 106 Å². The van der Waals surface area contributed by atoms with E-state index in [1.807, 2.05) is 36.4 Å². The van der Waals surface area contributed by atoms with E-state index in [0.717, 1.165) is 28.8 Å². The second-order valence-electron chi connectivity index (χ2n) is 11.0. The number of rotatable bonds is 6. The molecule has 1 aliphatic heterocycles. The number of carbonyl (C=O) groups is 2. The van der Waals surface area contributed by atoms with E-state index < -0.39 is 19.0 Å². The zero-order chi connectivity index (χ0) is 27.8. The van der Waals surface area contributed by atoms with E-state index in [0.29, 0.717) is 36.7 Å². The van der Waals surface area contributed by atoms with Crippen LogP contribution in [0.3, 0.4) is 0 Å². The summed E-state index contributed by atoms with van der Waals surface area (Å²) in [7, 11) is -1.01. The Morgan fingerprint density at radius 2 is 1.80 bits per heavy atom. The van der Waals surface area contributed by atoms with Crippen molar-refractivity contribution in [2.45, 2.75) is 45.0 Å². The number of hydrogen-bond donors (Lipinski definition) is 2. The molecular formula is C33H32BNO5. The van der Waals surface area contributed by atoms with Crippen LogP contribution in [0.5, 0.6) is 5.75 Å². The van der Waals surface area contributed by atoms with Crippen molar-refractivity contribution in [2.75, 3.05) is 0 Å². The van der Waals surface area contributed by atoms with Crippen LogP contribution in [0.15, 0.2) is 84.1 Å². The van der Waals surface area contributed by atoms with Crippen molar-refractivity contribution in [3.63, 3.8) is 0 Å². The number of carbonyl (C=O) groups excluding carboxylic acids is 2. The number of ketones is 2. The molecule has 1 aromatic heterocycles. The quantitative estimate of drug-likeness (QED) is 0.297. The summed E-state index contributed by atoms with van der Waals surface area (Å²) in [5.74, 6) is -0.879. The Morgan fingerprint density at radius 1 is 1.02 bits per heavy atom. The van der Waals surface area contributed by atoms with Gasteiger partial charge in [-0.2, -0.15) is 0 Å². The number of phenolic OH excluding ortho intramolecular Hbond substituents is 1. The largest absolute Gasteiger partial charge is 0.508 e. The van der Waals surface area contributed by atoms with E-state index in [2.05, 4.69) is 11.9 Å². The summed E-state index contributed by atoms with van der Waals surface area (Å²) in [6, 6.07) is 20.0. The number of Topliss-reactive ketones (excluding diaryl/α,β-unsaturated/α-hetero) is 2. The van der Waals surface area contributed by atoms with Gasteiger partial charge < -0.3 is 14.8 Å². The van der Waals surface area contributed by atoms with Crippen LogP contribution >= 0.6 is 0 Å². The summed E-state index contributed by atoms with van der Waals surface area (Å²) in [5, 5.41) is 20.9. The number of aromatic hydroxyl groups is 1.